The Bertz CT molecular complexity index is 1200. The molecule has 3 rings (SSSR count). The Morgan fingerprint density at radius 2 is 1.63 bits per heavy atom. The van der Waals surface area contributed by atoms with E-state index in [0.29, 0.717) is 32.7 Å². The number of rotatable bonds is 12. The minimum Gasteiger partial charge on any atom is -0.352 e. The second kappa shape index (κ2) is 13.9. The monoisotopic (exact) mass is 601 g/mol. The molecule has 2 amide bonds. The van der Waals surface area contributed by atoms with E-state index in [1.807, 2.05) is 6.92 Å². The van der Waals surface area contributed by atoms with Crippen molar-refractivity contribution in [3.8, 4) is 0 Å². The Morgan fingerprint density at radius 3 is 2.18 bits per heavy atom. The zero-order valence-corrected chi connectivity index (χ0v) is 24.7. The standard InChI is InChI=1S/C27H34Cl3N3O4S/c1-3-25(27(35)31-20-8-4-5-9-20)32(18-22-23(29)10-6-11-24(22)30)26(34)12-7-17-33(38(2,36)37)21-15-13-19(28)14-16-21/h6,10-11,13-16,20,25H,3-5,7-9,12,17-18H2,1-2H3,(H,31,35)/t25-/m0/s1. The van der Waals surface area contributed by atoms with Crippen LogP contribution in [0.15, 0.2) is 42.5 Å². The summed E-state index contributed by atoms with van der Waals surface area (Å²) in [5.41, 5.74) is 1.03. The van der Waals surface area contributed by atoms with E-state index in [1.165, 1.54) is 9.21 Å². The van der Waals surface area contributed by atoms with Crippen molar-refractivity contribution in [3.63, 3.8) is 0 Å². The zero-order valence-electron chi connectivity index (χ0n) is 21.6. The zero-order chi connectivity index (χ0) is 27.9. The summed E-state index contributed by atoms with van der Waals surface area (Å²) in [5.74, 6) is -0.478. The van der Waals surface area contributed by atoms with Crippen molar-refractivity contribution < 1.29 is 18.0 Å². The summed E-state index contributed by atoms with van der Waals surface area (Å²) in [7, 11) is -3.59. The molecule has 0 unspecified atom stereocenters. The molecular formula is C27H34Cl3N3O4S. The topological polar surface area (TPSA) is 86.8 Å². The van der Waals surface area contributed by atoms with E-state index in [9.17, 15) is 18.0 Å². The van der Waals surface area contributed by atoms with Crippen LogP contribution in [0.1, 0.15) is 57.4 Å². The molecule has 1 saturated carbocycles. The highest BCUT2D eigenvalue weighted by molar-refractivity contribution is 7.92. The number of hydrogen-bond acceptors (Lipinski definition) is 4. The molecule has 0 bridgehead atoms. The van der Waals surface area contributed by atoms with E-state index in [2.05, 4.69) is 5.32 Å². The fraction of sp³-hybridized carbons (Fsp3) is 0.481. The van der Waals surface area contributed by atoms with Crippen molar-refractivity contribution >= 4 is 62.3 Å². The third kappa shape index (κ3) is 8.25. The first-order chi connectivity index (χ1) is 18.0. The third-order valence-electron chi connectivity index (χ3n) is 6.74. The van der Waals surface area contributed by atoms with Gasteiger partial charge in [0.25, 0.3) is 0 Å². The number of halogens is 3. The van der Waals surface area contributed by atoms with Crippen LogP contribution >= 0.6 is 34.8 Å². The summed E-state index contributed by atoms with van der Waals surface area (Å²) >= 11 is 18.8. The maximum Gasteiger partial charge on any atom is 0.243 e. The van der Waals surface area contributed by atoms with Crippen molar-refractivity contribution in [1.29, 1.82) is 0 Å². The largest absolute Gasteiger partial charge is 0.352 e. The predicted octanol–water partition coefficient (Wildman–Crippen LogP) is 6.06. The van der Waals surface area contributed by atoms with Gasteiger partial charge < -0.3 is 10.2 Å². The molecule has 0 spiro atoms. The van der Waals surface area contributed by atoms with Gasteiger partial charge in [0.1, 0.15) is 6.04 Å². The molecule has 1 N–H and O–H groups in total. The average Bonchev–Trinajstić information content (AvgIpc) is 3.36. The smallest absolute Gasteiger partial charge is 0.243 e. The Kier molecular flexibility index (Phi) is 11.2. The van der Waals surface area contributed by atoms with Crippen LogP contribution < -0.4 is 9.62 Å². The Morgan fingerprint density at radius 1 is 1.03 bits per heavy atom. The molecule has 7 nitrogen and oxygen atoms in total. The molecule has 38 heavy (non-hydrogen) atoms. The van der Waals surface area contributed by atoms with E-state index in [-0.39, 0.29) is 43.8 Å². The molecule has 1 aliphatic carbocycles. The van der Waals surface area contributed by atoms with Crippen molar-refractivity contribution in [2.75, 3.05) is 17.1 Å². The van der Waals surface area contributed by atoms with E-state index < -0.39 is 16.1 Å². The van der Waals surface area contributed by atoms with E-state index in [1.54, 1.807) is 42.5 Å². The number of hydrogen-bond donors (Lipinski definition) is 1. The molecule has 0 aromatic heterocycles. The quantitative estimate of drug-likeness (QED) is 0.320. The van der Waals surface area contributed by atoms with Crippen LogP contribution in [0.25, 0.3) is 0 Å². The molecule has 2 aromatic carbocycles. The fourth-order valence-corrected chi connectivity index (χ4v) is 6.36. The molecule has 0 heterocycles. The second-order valence-corrected chi connectivity index (χ2v) is 12.7. The first-order valence-corrected chi connectivity index (χ1v) is 15.8. The van der Waals surface area contributed by atoms with Crippen LogP contribution in [0.4, 0.5) is 5.69 Å². The number of carbonyl (C=O) groups excluding carboxylic acids is 2. The Balaban J connectivity index is 1.79. The number of nitrogens with zero attached hydrogens (tertiary/aromatic N) is 2. The summed E-state index contributed by atoms with van der Waals surface area (Å²) < 4.78 is 26.2. The SMILES string of the molecule is CC[C@@H](C(=O)NC1CCCC1)N(Cc1c(Cl)cccc1Cl)C(=O)CCCN(c1ccc(Cl)cc1)S(C)(=O)=O. The first kappa shape index (κ1) is 30.5. The van der Waals surface area contributed by atoms with Gasteiger partial charge >= 0.3 is 0 Å². The molecule has 11 heteroatoms. The number of sulfonamides is 1. The van der Waals surface area contributed by atoms with E-state index >= 15 is 0 Å². The van der Waals surface area contributed by atoms with Crippen LogP contribution in [-0.4, -0.2) is 50.0 Å². The summed E-state index contributed by atoms with van der Waals surface area (Å²) in [4.78, 5) is 28.4. The Labute approximate surface area is 240 Å². The Hall–Kier alpha value is -2.00. The highest BCUT2D eigenvalue weighted by atomic mass is 35.5. The van der Waals surface area contributed by atoms with Crippen LogP contribution in [0.5, 0.6) is 0 Å². The second-order valence-electron chi connectivity index (χ2n) is 9.55. The minimum absolute atomic E-state index is 0.0366. The summed E-state index contributed by atoms with van der Waals surface area (Å²) in [6, 6.07) is 11.0. The van der Waals surface area contributed by atoms with Crippen LogP contribution in [-0.2, 0) is 26.2 Å². The van der Waals surface area contributed by atoms with Crippen molar-refractivity contribution in [2.24, 2.45) is 0 Å². The molecule has 208 valence electrons. The van der Waals surface area contributed by atoms with Crippen LogP contribution in [0.2, 0.25) is 15.1 Å². The fourth-order valence-electron chi connectivity index (χ4n) is 4.75. The highest BCUT2D eigenvalue weighted by Crippen LogP contribution is 2.28. The molecular weight excluding hydrogens is 569 g/mol. The molecule has 0 radical (unpaired) electrons. The number of nitrogens with one attached hydrogen (secondary N) is 1. The molecule has 0 aliphatic heterocycles. The maximum absolute atomic E-state index is 13.6. The highest BCUT2D eigenvalue weighted by Gasteiger charge is 2.31. The maximum atomic E-state index is 13.6. The minimum atomic E-state index is -3.59. The van der Waals surface area contributed by atoms with Crippen LogP contribution in [0, 0.1) is 0 Å². The molecule has 2 aromatic rings. The summed E-state index contributed by atoms with van der Waals surface area (Å²) in [6.45, 7) is 2.03. The predicted molar refractivity (Wildman–Crippen MR) is 154 cm³/mol. The number of anilines is 1. The van der Waals surface area contributed by atoms with E-state index in [4.69, 9.17) is 34.8 Å². The molecule has 1 fully saturated rings. The van der Waals surface area contributed by atoms with Gasteiger partial charge in [-0.15, -0.1) is 0 Å². The van der Waals surface area contributed by atoms with Gasteiger partial charge in [-0.05, 0) is 62.1 Å². The lowest BCUT2D eigenvalue weighted by Gasteiger charge is -2.32. The van der Waals surface area contributed by atoms with Gasteiger partial charge in [-0.1, -0.05) is 60.6 Å². The third-order valence-corrected chi connectivity index (χ3v) is 8.90. The van der Waals surface area contributed by atoms with Gasteiger partial charge in [0.15, 0.2) is 0 Å². The lowest BCUT2D eigenvalue weighted by Crippen LogP contribution is -2.51. The van der Waals surface area contributed by atoms with Gasteiger partial charge in [-0.25, -0.2) is 8.42 Å². The van der Waals surface area contributed by atoms with Gasteiger partial charge in [-0.3, -0.25) is 13.9 Å². The summed E-state index contributed by atoms with van der Waals surface area (Å²) in [5, 5.41) is 4.42. The molecule has 1 aliphatic rings. The van der Waals surface area contributed by atoms with Crippen molar-refractivity contribution in [3.05, 3.63) is 63.1 Å². The molecule has 1 atom stereocenters. The van der Waals surface area contributed by atoms with Gasteiger partial charge in [0.05, 0.1) is 11.9 Å². The first-order valence-electron chi connectivity index (χ1n) is 12.8. The number of benzene rings is 2. The molecule has 0 saturated heterocycles. The average molecular weight is 603 g/mol. The van der Waals surface area contributed by atoms with Gasteiger partial charge in [0.2, 0.25) is 21.8 Å². The van der Waals surface area contributed by atoms with Crippen LogP contribution in [0.3, 0.4) is 0 Å². The van der Waals surface area contributed by atoms with Gasteiger partial charge in [-0.2, -0.15) is 0 Å². The lowest BCUT2D eigenvalue weighted by atomic mass is 10.1. The van der Waals surface area contributed by atoms with E-state index in [0.717, 1.165) is 31.9 Å². The summed E-state index contributed by atoms with van der Waals surface area (Å²) in [6.07, 6.45) is 5.82. The lowest BCUT2D eigenvalue weighted by molar-refractivity contribution is -0.141. The number of amides is 2. The van der Waals surface area contributed by atoms with Gasteiger partial charge in [0, 0.05) is 46.2 Å². The van der Waals surface area contributed by atoms with Crippen molar-refractivity contribution in [2.45, 2.75) is 70.5 Å². The normalized spacial score (nSPS) is 14.8. The number of carbonyl (C=O) groups is 2. The van der Waals surface area contributed by atoms with Crippen molar-refractivity contribution in [1.82, 2.24) is 10.2 Å².